The molecule has 2 rings (SSSR count). The molecule has 0 aliphatic rings. The highest BCUT2D eigenvalue weighted by Crippen LogP contribution is 2.33. The standard InChI is InChI=1S/C14H18ClN3O2/c1-14(2,3)11(16)13-17-12(18-20-13)9-6-5-8(15)7-10(9)19-4/h5-7,11H,16H2,1-4H3/t11-/m1/s1. The molecule has 1 aromatic carbocycles. The summed E-state index contributed by atoms with van der Waals surface area (Å²) < 4.78 is 10.5. The summed E-state index contributed by atoms with van der Waals surface area (Å²) in [4.78, 5) is 4.36. The molecule has 108 valence electrons. The normalized spacial score (nSPS) is 13.3. The van der Waals surface area contributed by atoms with E-state index in [1.165, 1.54) is 0 Å². The molecule has 0 radical (unpaired) electrons. The summed E-state index contributed by atoms with van der Waals surface area (Å²) in [6.07, 6.45) is 0. The number of rotatable bonds is 3. The van der Waals surface area contributed by atoms with E-state index < -0.39 is 0 Å². The SMILES string of the molecule is COc1cc(Cl)ccc1-c1noc([C@@H](N)C(C)(C)C)n1. The summed E-state index contributed by atoms with van der Waals surface area (Å²) in [5.41, 5.74) is 6.67. The van der Waals surface area contributed by atoms with Crippen LogP contribution < -0.4 is 10.5 Å². The van der Waals surface area contributed by atoms with Crippen LogP contribution in [0.2, 0.25) is 5.02 Å². The smallest absolute Gasteiger partial charge is 0.244 e. The summed E-state index contributed by atoms with van der Waals surface area (Å²) in [6.45, 7) is 6.05. The average Bonchev–Trinajstić information content (AvgIpc) is 2.85. The van der Waals surface area contributed by atoms with Crippen LogP contribution in [0.25, 0.3) is 11.4 Å². The zero-order valence-electron chi connectivity index (χ0n) is 12.0. The van der Waals surface area contributed by atoms with Gasteiger partial charge < -0.3 is 15.0 Å². The molecule has 0 amide bonds. The quantitative estimate of drug-likeness (QED) is 0.939. The highest BCUT2D eigenvalue weighted by atomic mass is 35.5. The number of hydrogen-bond acceptors (Lipinski definition) is 5. The van der Waals surface area contributed by atoms with Gasteiger partial charge in [0.2, 0.25) is 11.7 Å². The Bertz CT molecular complexity index is 605. The van der Waals surface area contributed by atoms with Crippen molar-refractivity contribution in [2.24, 2.45) is 11.1 Å². The van der Waals surface area contributed by atoms with Crippen molar-refractivity contribution in [2.75, 3.05) is 7.11 Å². The second-order valence-electron chi connectivity index (χ2n) is 5.64. The summed E-state index contributed by atoms with van der Waals surface area (Å²) in [6, 6.07) is 4.91. The van der Waals surface area contributed by atoms with Crippen molar-refractivity contribution in [3.05, 3.63) is 29.1 Å². The average molecular weight is 296 g/mol. The van der Waals surface area contributed by atoms with Crippen LogP contribution in [0.3, 0.4) is 0 Å². The second-order valence-corrected chi connectivity index (χ2v) is 6.08. The highest BCUT2D eigenvalue weighted by Gasteiger charge is 2.28. The Balaban J connectivity index is 2.39. The number of benzene rings is 1. The minimum absolute atomic E-state index is 0.159. The zero-order valence-corrected chi connectivity index (χ0v) is 12.7. The van der Waals surface area contributed by atoms with E-state index in [9.17, 15) is 0 Å². The molecule has 0 bridgehead atoms. The second kappa shape index (κ2) is 5.42. The highest BCUT2D eigenvalue weighted by molar-refractivity contribution is 6.30. The van der Waals surface area contributed by atoms with Crippen LogP contribution in [0.1, 0.15) is 32.7 Å². The van der Waals surface area contributed by atoms with Crippen LogP contribution in [-0.4, -0.2) is 17.3 Å². The number of hydrogen-bond donors (Lipinski definition) is 1. The van der Waals surface area contributed by atoms with Crippen molar-refractivity contribution in [1.82, 2.24) is 10.1 Å². The lowest BCUT2D eigenvalue weighted by Crippen LogP contribution is -2.26. The van der Waals surface area contributed by atoms with Gasteiger partial charge >= 0.3 is 0 Å². The van der Waals surface area contributed by atoms with Crippen molar-refractivity contribution in [2.45, 2.75) is 26.8 Å². The number of halogens is 1. The van der Waals surface area contributed by atoms with Gasteiger partial charge in [0.1, 0.15) is 5.75 Å². The molecule has 0 saturated carbocycles. The Hall–Kier alpha value is -1.59. The third-order valence-electron chi connectivity index (χ3n) is 3.05. The van der Waals surface area contributed by atoms with E-state index in [-0.39, 0.29) is 11.5 Å². The molecule has 1 heterocycles. The third-order valence-corrected chi connectivity index (χ3v) is 3.28. The minimum Gasteiger partial charge on any atom is -0.496 e. The lowest BCUT2D eigenvalue weighted by Gasteiger charge is -2.23. The lowest BCUT2D eigenvalue weighted by atomic mass is 9.87. The summed E-state index contributed by atoms with van der Waals surface area (Å²) in [5.74, 6) is 1.44. The van der Waals surface area contributed by atoms with Gasteiger partial charge in [-0.3, -0.25) is 0 Å². The van der Waals surface area contributed by atoms with Crippen LogP contribution in [0, 0.1) is 5.41 Å². The molecule has 0 aliphatic heterocycles. The molecule has 0 spiro atoms. The van der Waals surface area contributed by atoms with E-state index >= 15 is 0 Å². The number of methoxy groups -OCH3 is 1. The van der Waals surface area contributed by atoms with Gasteiger partial charge in [0.25, 0.3) is 0 Å². The molecule has 2 aromatic rings. The van der Waals surface area contributed by atoms with Gasteiger partial charge in [-0.2, -0.15) is 4.98 Å². The van der Waals surface area contributed by atoms with E-state index in [1.807, 2.05) is 20.8 Å². The van der Waals surface area contributed by atoms with E-state index in [2.05, 4.69) is 10.1 Å². The Morgan fingerprint density at radius 1 is 1.35 bits per heavy atom. The molecule has 0 unspecified atom stereocenters. The summed E-state index contributed by atoms with van der Waals surface area (Å²) >= 11 is 5.93. The first-order chi connectivity index (χ1) is 9.32. The fraction of sp³-hybridized carbons (Fsp3) is 0.429. The Kier molecular flexibility index (Phi) is 4.01. The van der Waals surface area contributed by atoms with Gasteiger partial charge in [0.05, 0.1) is 18.7 Å². The molecule has 1 aromatic heterocycles. The summed E-state index contributed by atoms with van der Waals surface area (Å²) in [5, 5.41) is 4.55. The molecule has 2 N–H and O–H groups in total. The van der Waals surface area contributed by atoms with Crippen LogP contribution in [0.15, 0.2) is 22.7 Å². The predicted molar refractivity (Wildman–Crippen MR) is 77.7 cm³/mol. The summed E-state index contributed by atoms with van der Waals surface area (Å²) in [7, 11) is 1.57. The maximum absolute atomic E-state index is 6.11. The Morgan fingerprint density at radius 3 is 2.65 bits per heavy atom. The number of nitrogens with zero attached hydrogens (tertiary/aromatic N) is 2. The maximum Gasteiger partial charge on any atom is 0.244 e. The monoisotopic (exact) mass is 295 g/mol. The molecular weight excluding hydrogens is 278 g/mol. The fourth-order valence-electron chi connectivity index (χ4n) is 1.69. The van der Waals surface area contributed by atoms with Crippen molar-refractivity contribution in [3.63, 3.8) is 0 Å². The van der Waals surface area contributed by atoms with Gasteiger partial charge in [-0.05, 0) is 23.6 Å². The van der Waals surface area contributed by atoms with E-state index in [0.29, 0.717) is 28.1 Å². The molecule has 0 fully saturated rings. The van der Waals surface area contributed by atoms with E-state index in [0.717, 1.165) is 0 Å². The maximum atomic E-state index is 6.11. The molecular formula is C14H18ClN3O2. The van der Waals surface area contributed by atoms with E-state index in [4.69, 9.17) is 26.6 Å². The molecule has 6 heteroatoms. The van der Waals surface area contributed by atoms with Crippen LogP contribution >= 0.6 is 11.6 Å². The third kappa shape index (κ3) is 2.94. The van der Waals surface area contributed by atoms with Gasteiger partial charge in [0, 0.05) is 5.02 Å². The van der Waals surface area contributed by atoms with Crippen molar-refractivity contribution < 1.29 is 9.26 Å². The van der Waals surface area contributed by atoms with Crippen LogP contribution in [0.5, 0.6) is 5.75 Å². The van der Waals surface area contributed by atoms with Gasteiger partial charge in [0.15, 0.2) is 0 Å². The number of nitrogens with two attached hydrogens (primary N) is 1. The van der Waals surface area contributed by atoms with Gasteiger partial charge in [-0.1, -0.05) is 37.5 Å². The van der Waals surface area contributed by atoms with Crippen LogP contribution in [0.4, 0.5) is 0 Å². The number of aromatic nitrogens is 2. The molecule has 0 aliphatic carbocycles. The Morgan fingerprint density at radius 2 is 2.05 bits per heavy atom. The number of ether oxygens (including phenoxy) is 1. The predicted octanol–water partition coefficient (Wildman–Crippen LogP) is 3.44. The van der Waals surface area contributed by atoms with Crippen molar-refractivity contribution in [3.8, 4) is 17.1 Å². The first-order valence-corrected chi connectivity index (χ1v) is 6.64. The van der Waals surface area contributed by atoms with Crippen molar-refractivity contribution in [1.29, 1.82) is 0 Å². The Labute approximate surface area is 123 Å². The van der Waals surface area contributed by atoms with Gasteiger partial charge in [-0.15, -0.1) is 0 Å². The first kappa shape index (κ1) is 14.8. The molecule has 20 heavy (non-hydrogen) atoms. The fourth-order valence-corrected chi connectivity index (χ4v) is 1.85. The molecule has 0 saturated heterocycles. The first-order valence-electron chi connectivity index (χ1n) is 6.26. The van der Waals surface area contributed by atoms with Crippen LogP contribution in [-0.2, 0) is 0 Å². The molecule has 5 nitrogen and oxygen atoms in total. The topological polar surface area (TPSA) is 74.2 Å². The zero-order chi connectivity index (χ0) is 14.9. The largest absolute Gasteiger partial charge is 0.496 e. The van der Waals surface area contributed by atoms with Gasteiger partial charge in [-0.25, -0.2) is 0 Å². The van der Waals surface area contributed by atoms with E-state index in [1.54, 1.807) is 25.3 Å². The lowest BCUT2D eigenvalue weighted by molar-refractivity contribution is 0.253. The van der Waals surface area contributed by atoms with Crippen molar-refractivity contribution >= 4 is 11.6 Å². The molecule has 1 atom stereocenters. The minimum atomic E-state index is -0.331.